The maximum atomic E-state index is 13.1. The third-order valence-electron chi connectivity index (χ3n) is 16.2. The Kier molecular flexibility index (Phi) is 73.5. The molecule has 0 saturated heterocycles. The van der Waals surface area contributed by atoms with Gasteiger partial charge in [0.1, 0.15) is 19.3 Å². The van der Waals surface area contributed by atoms with E-state index in [-0.39, 0.29) is 25.7 Å². The fourth-order valence-corrected chi connectivity index (χ4v) is 11.7. The Morgan fingerprint density at radius 1 is 0.274 bits per heavy atom. The zero-order valence-electron chi connectivity index (χ0n) is 65.8. The van der Waals surface area contributed by atoms with Crippen molar-refractivity contribution in [3.8, 4) is 0 Å². The SMILES string of the molecule is CC/C=C\C/C=C\C/C=C\C/C=C\C/C=C\CCCCCC(=O)OCC(COP(=O)(O)OCC(O)COP(=O)(O)OCC(COC(=O)CCCC/C=C\C/C=C\C/C=C\C/C=C\CC)OC(=O)CCCCCCCCCCCCCCC)OC(=O)CCCCC/C=C\C/C=C\C/C=C\C/C=C\C/C=C\CC. The topological polar surface area (TPSA) is 237 Å². The molecule has 0 aromatic carbocycles. The van der Waals surface area contributed by atoms with Gasteiger partial charge in [0, 0.05) is 25.7 Å². The molecule has 5 atom stereocenters. The van der Waals surface area contributed by atoms with Gasteiger partial charge in [-0.2, -0.15) is 0 Å². The highest BCUT2D eigenvalue weighted by molar-refractivity contribution is 7.47. The number of aliphatic hydroxyl groups excluding tert-OH is 1. The molecule has 0 aromatic heterocycles. The number of carbonyl (C=O) groups is 4. The van der Waals surface area contributed by atoms with E-state index in [0.717, 1.165) is 167 Å². The summed E-state index contributed by atoms with van der Waals surface area (Å²) >= 11 is 0. The van der Waals surface area contributed by atoms with Gasteiger partial charge in [-0.15, -0.1) is 0 Å². The van der Waals surface area contributed by atoms with Crippen molar-refractivity contribution in [2.24, 2.45) is 0 Å². The average molecular weight is 1520 g/mol. The molecule has 0 fully saturated rings. The van der Waals surface area contributed by atoms with Gasteiger partial charge in [0.05, 0.1) is 26.4 Å². The number of ether oxygens (including phenoxy) is 4. The summed E-state index contributed by atoms with van der Waals surface area (Å²) in [6.07, 6.45) is 91.9. The highest BCUT2D eigenvalue weighted by Gasteiger charge is 2.30. The molecule has 3 N–H and O–H groups in total. The van der Waals surface area contributed by atoms with Crippen molar-refractivity contribution in [1.29, 1.82) is 0 Å². The minimum atomic E-state index is -5.01. The molecule has 0 heterocycles. The van der Waals surface area contributed by atoms with Crippen molar-refractivity contribution < 1.29 is 80.2 Å². The molecule has 602 valence electrons. The summed E-state index contributed by atoms with van der Waals surface area (Å²) in [6, 6.07) is 0. The molecule has 0 aliphatic carbocycles. The molecule has 0 rings (SSSR count). The number of aliphatic hydroxyl groups is 1. The molecule has 5 unspecified atom stereocenters. The summed E-state index contributed by atoms with van der Waals surface area (Å²) in [5.74, 6) is -2.30. The minimum absolute atomic E-state index is 0.0410. The van der Waals surface area contributed by atoms with Crippen LogP contribution < -0.4 is 0 Å². The predicted molar refractivity (Wildman–Crippen MR) is 436 cm³/mol. The van der Waals surface area contributed by atoms with Gasteiger partial charge in [0.2, 0.25) is 0 Å². The first kappa shape index (κ1) is 100. The normalized spacial score (nSPS) is 14.7. The fourth-order valence-electron chi connectivity index (χ4n) is 10.1. The van der Waals surface area contributed by atoms with E-state index in [0.29, 0.717) is 25.7 Å². The van der Waals surface area contributed by atoms with Crippen molar-refractivity contribution in [2.75, 3.05) is 39.6 Å². The van der Waals surface area contributed by atoms with Crippen LogP contribution in [0, 0.1) is 0 Å². The summed E-state index contributed by atoms with van der Waals surface area (Å²) in [5, 5.41) is 10.6. The van der Waals surface area contributed by atoms with Crippen LogP contribution in [0.4, 0.5) is 0 Å². The van der Waals surface area contributed by atoms with Crippen LogP contribution in [0.25, 0.3) is 0 Å². The summed E-state index contributed by atoms with van der Waals surface area (Å²) in [6.45, 7) is 4.40. The van der Waals surface area contributed by atoms with Gasteiger partial charge in [-0.1, -0.05) is 288 Å². The van der Waals surface area contributed by atoms with E-state index in [9.17, 15) is 43.2 Å². The minimum Gasteiger partial charge on any atom is -0.462 e. The summed E-state index contributed by atoms with van der Waals surface area (Å²) in [4.78, 5) is 73.1. The second kappa shape index (κ2) is 77.6. The summed E-state index contributed by atoms with van der Waals surface area (Å²) in [7, 11) is -10.0. The van der Waals surface area contributed by atoms with Crippen molar-refractivity contribution in [2.45, 2.75) is 316 Å². The maximum absolute atomic E-state index is 13.1. The molecular formula is C87H142O17P2. The second-order valence-corrected chi connectivity index (χ2v) is 29.1. The zero-order valence-corrected chi connectivity index (χ0v) is 67.6. The zero-order chi connectivity index (χ0) is 77.4. The van der Waals surface area contributed by atoms with Crippen LogP contribution in [0.15, 0.2) is 170 Å². The third kappa shape index (κ3) is 76.6. The number of hydrogen-bond acceptors (Lipinski definition) is 15. The molecular weight excluding hydrogens is 1380 g/mol. The molecule has 0 amide bonds. The fraction of sp³-hybridized carbons (Fsp3) is 0.632. The van der Waals surface area contributed by atoms with Crippen LogP contribution in [0.5, 0.6) is 0 Å². The Hall–Kier alpha value is -5.58. The van der Waals surface area contributed by atoms with E-state index in [2.05, 4.69) is 198 Å². The Morgan fingerprint density at radius 2 is 0.491 bits per heavy atom. The molecule has 0 aromatic rings. The number of rotatable bonds is 74. The first-order valence-electron chi connectivity index (χ1n) is 40.4. The van der Waals surface area contributed by atoms with Gasteiger partial charge >= 0.3 is 39.5 Å². The summed E-state index contributed by atoms with van der Waals surface area (Å²) < 4.78 is 68.6. The van der Waals surface area contributed by atoms with Crippen LogP contribution >= 0.6 is 15.6 Å². The number of unbranched alkanes of at least 4 members (excludes halogenated alkanes) is 20. The molecule has 0 saturated carbocycles. The molecule has 17 nitrogen and oxygen atoms in total. The van der Waals surface area contributed by atoms with Crippen LogP contribution in [0.1, 0.15) is 297 Å². The maximum Gasteiger partial charge on any atom is 0.472 e. The van der Waals surface area contributed by atoms with Gasteiger partial charge < -0.3 is 33.8 Å². The van der Waals surface area contributed by atoms with E-state index < -0.39 is 97.5 Å². The lowest BCUT2D eigenvalue weighted by atomic mass is 10.0. The number of allylic oxidation sites excluding steroid dienone is 28. The lowest BCUT2D eigenvalue weighted by Crippen LogP contribution is -2.30. The van der Waals surface area contributed by atoms with Crippen molar-refractivity contribution in [3.63, 3.8) is 0 Å². The Bertz CT molecular complexity index is 2680. The number of phosphoric acid groups is 2. The second-order valence-electron chi connectivity index (χ2n) is 26.2. The number of esters is 4. The molecule has 106 heavy (non-hydrogen) atoms. The van der Waals surface area contributed by atoms with E-state index in [1.165, 1.54) is 51.4 Å². The Labute approximate surface area is 642 Å². The quantitative estimate of drug-likeness (QED) is 0.0169. The average Bonchev–Trinajstić information content (AvgIpc) is 0.903. The number of hydrogen-bond donors (Lipinski definition) is 3. The molecule has 0 radical (unpaired) electrons. The molecule has 0 spiro atoms. The predicted octanol–water partition coefficient (Wildman–Crippen LogP) is 23.8. The first-order valence-corrected chi connectivity index (χ1v) is 43.4. The van der Waals surface area contributed by atoms with Crippen LogP contribution in [-0.4, -0.2) is 96.7 Å². The van der Waals surface area contributed by atoms with Gasteiger partial charge in [-0.05, 0) is 154 Å². The standard InChI is InChI=1S/C87H142O17P2/c1-5-9-13-17-21-25-29-33-36-38-40-42-45-49-52-56-60-64-68-72-85(90)98-78-83(104-87(92)74-70-66-62-58-54-50-46-43-41-39-37-34-30-26-22-18-14-10-6-2)80-102-106(95,96)100-76-81(88)75-99-105(93,94)101-79-82(103-86(91)73-69-65-61-57-53-47-32-28-24-20-16-12-8-4)77-97-84(89)71-67-63-59-55-51-48-44-35-31-27-23-19-15-11-7-3/h9-11,13-15,21-23,25-27,33-37,40-44,49-52,54-55,81-83,88H,5-8,12,16-20,24,28-32,38-39,45-48,53,56-80H2,1-4H3,(H,93,94)(H,95,96)/b13-9-,14-10-,15-11-,25-21-,26-22-,27-23-,36-33-,37-34-,42-40-,43-41-,44-35-,52-49-,54-50-,55-51-. The summed E-state index contributed by atoms with van der Waals surface area (Å²) in [5.41, 5.74) is 0. The smallest absolute Gasteiger partial charge is 0.462 e. The number of carbonyl (C=O) groups excluding carboxylic acids is 4. The van der Waals surface area contributed by atoms with Crippen molar-refractivity contribution in [1.82, 2.24) is 0 Å². The lowest BCUT2D eigenvalue weighted by Gasteiger charge is -2.21. The Morgan fingerprint density at radius 3 is 0.774 bits per heavy atom. The van der Waals surface area contributed by atoms with Gasteiger partial charge in [0.25, 0.3) is 0 Å². The van der Waals surface area contributed by atoms with E-state index in [1.54, 1.807) is 0 Å². The molecule has 0 aliphatic rings. The van der Waals surface area contributed by atoms with Crippen LogP contribution in [0.2, 0.25) is 0 Å². The monoisotopic (exact) mass is 1520 g/mol. The first-order chi connectivity index (χ1) is 51.7. The third-order valence-corrected chi connectivity index (χ3v) is 18.1. The molecule has 19 heteroatoms. The van der Waals surface area contributed by atoms with Gasteiger partial charge in [-0.3, -0.25) is 37.3 Å². The van der Waals surface area contributed by atoms with E-state index >= 15 is 0 Å². The molecule has 0 bridgehead atoms. The Balaban J connectivity index is 5.48. The highest BCUT2D eigenvalue weighted by atomic mass is 31.2. The number of phosphoric ester groups is 2. The largest absolute Gasteiger partial charge is 0.472 e. The lowest BCUT2D eigenvalue weighted by molar-refractivity contribution is -0.161. The van der Waals surface area contributed by atoms with Crippen molar-refractivity contribution in [3.05, 3.63) is 170 Å². The van der Waals surface area contributed by atoms with Gasteiger partial charge in [0.15, 0.2) is 12.2 Å². The van der Waals surface area contributed by atoms with E-state index in [4.69, 9.17) is 37.0 Å². The molecule has 0 aliphatic heterocycles. The van der Waals surface area contributed by atoms with E-state index in [1.807, 2.05) is 0 Å². The van der Waals surface area contributed by atoms with Crippen molar-refractivity contribution >= 4 is 39.5 Å². The highest BCUT2D eigenvalue weighted by Crippen LogP contribution is 2.45. The van der Waals surface area contributed by atoms with Crippen LogP contribution in [-0.2, 0) is 65.4 Å². The van der Waals surface area contributed by atoms with Gasteiger partial charge in [-0.25, -0.2) is 9.13 Å². The van der Waals surface area contributed by atoms with Crippen LogP contribution in [0.3, 0.4) is 0 Å².